The van der Waals surface area contributed by atoms with E-state index in [4.69, 9.17) is 5.73 Å². The van der Waals surface area contributed by atoms with Crippen molar-refractivity contribution in [2.45, 2.75) is 25.4 Å². The van der Waals surface area contributed by atoms with Crippen molar-refractivity contribution in [3.05, 3.63) is 0 Å². The van der Waals surface area contributed by atoms with Crippen molar-refractivity contribution in [1.82, 2.24) is 9.80 Å². The molecule has 2 aliphatic rings. The monoisotopic (exact) mass is 255 g/mol. The van der Waals surface area contributed by atoms with Crippen LogP contribution in [0.5, 0.6) is 0 Å². The number of carbonyl (C=O) groups excluding carboxylic acids is 1. The summed E-state index contributed by atoms with van der Waals surface area (Å²) < 4.78 is 0. The lowest BCUT2D eigenvalue weighted by atomic mass is 10.00. The molecule has 0 aromatic rings. The van der Waals surface area contributed by atoms with E-state index in [0.717, 1.165) is 38.9 Å². The van der Waals surface area contributed by atoms with Crippen LogP contribution < -0.4 is 5.73 Å². The molecule has 5 nitrogen and oxygen atoms in total. The number of hydrogen-bond donors (Lipinski definition) is 2. The maximum atomic E-state index is 12.0. The number of aliphatic hydroxyl groups excluding tert-OH is 1. The smallest absolute Gasteiger partial charge is 0.236 e. The van der Waals surface area contributed by atoms with Gasteiger partial charge in [0.05, 0.1) is 12.6 Å². The number of nitrogens with two attached hydrogens (primary N) is 1. The van der Waals surface area contributed by atoms with Gasteiger partial charge in [-0.1, -0.05) is 0 Å². The largest absolute Gasteiger partial charge is 0.393 e. The van der Waals surface area contributed by atoms with Gasteiger partial charge in [-0.15, -0.1) is 0 Å². The van der Waals surface area contributed by atoms with E-state index >= 15 is 0 Å². The molecule has 0 aromatic carbocycles. The molecule has 1 amide bonds. The van der Waals surface area contributed by atoms with Crippen LogP contribution in [0.15, 0.2) is 0 Å². The molecule has 0 radical (unpaired) electrons. The van der Waals surface area contributed by atoms with Gasteiger partial charge >= 0.3 is 0 Å². The van der Waals surface area contributed by atoms with Crippen molar-refractivity contribution >= 4 is 5.91 Å². The highest BCUT2D eigenvalue weighted by Crippen LogP contribution is 2.37. The number of hydrogen-bond acceptors (Lipinski definition) is 4. The summed E-state index contributed by atoms with van der Waals surface area (Å²) >= 11 is 0. The molecule has 3 atom stereocenters. The molecule has 1 aliphatic carbocycles. The summed E-state index contributed by atoms with van der Waals surface area (Å²) in [7, 11) is 1.84. The molecule has 1 saturated heterocycles. The molecule has 1 saturated carbocycles. The standard InChI is InChI=1S/C13H25N3O2/c1-15(6-2-5-14)13(18)9-16-7-10-3-4-12(17)11(10)8-16/h10-12,17H,2-9,14H2,1H3. The number of fused-ring (bicyclic) bond motifs is 1. The SMILES string of the molecule is CN(CCCN)C(=O)CN1CC2CCC(O)C2C1. The molecular formula is C13H25N3O2. The zero-order valence-electron chi connectivity index (χ0n) is 11.2. The number of likely N-dealkylation sites (tertiary alicyclic amines) is 1. The number of likely N-dealkylation sites (N-methyl/N-ethyl adjacent to an activating group) is 1. The fraction of sp³-hybridized carbons (Fsp3) is 0.923. The second kappa shape index (κ2) is 5.99. The first kappa shape index (κ1) is 13.8. The molecule has 18 heavy (non-hydrogen) atoms. The zero-order valence-corrected chi connectivity index (χ0v) is 11.2. The maximum Gasteiger partial charge on any atom is 0.236 e. The minimum atomic E-state index is -0.148. The van der Waals surface area contributed by atoms with Crippen molar-refractivity contribution in [2.24, 2.45) is 17.6 Å². The van der Waals surface area contributed by atoms with Crippen LogP contribution in [0.3, 0.4) is 0 Å². The van der Waals surface area contributed by atoms with Gasteiger partial charge in [0.15, 0.2) is 0 Å². The predicted molar refractivity (Wildman–Crippen MR) is 70.0 cm³/mol. The number of carbonyl (C=O) groups is 1. The Bertz CT molecular complexity index is 298. The molecule has 3 unspecified atom stereocenters. The summed E-state index contributed by atoms with van der Waals surface area (Å²) in [5.74, 6) is 1.16. The summed E-state index contributed by atoms with van der Waals surface area (Å²) in [4.78, 5) is 15.9. The van der Waals surface area contributed by atoms with E-state index in [2.05, 4.69) is 4.90 Å². The normalized spacial score (nSPS) is 31.6. The minimum absolute atomic E-state index is 0.148. The van der Waals surface area contributed by atoms with E-state index in [1.54, 1.807) is 4.90 Å². The Morgan fingerprint density at radius 1 is 1.44 bits per heavy atom. The van der Waals surface area contributed by atoms with E-state index in [1.165, 1.54) is 0 Å². The van der Waals surface area contributed by atoms with Gasteiger partial charge < -0.3 is 15.7 Å². The predicted octanol–water partition coefficient (Wildman–Crippen LogP) is -0.504. The Morgan fingerprint density at radius 2 is 2.22 bits per heavy atom. The van der Waals surface area contributed by atoms with Crippen LogP contribution in [0.25, 0.3) is 0 Å². The first-order valence-corrected chi connectivity index (χ1v) is 6.96. The van der Waals surface area contributed by atoms with E-state index in [1.807, 2.05) is 7.05 Å². The van der Waals surface area contributed by atoms with Gasteiger partial charge in [-0.2, -0.15) is 0 Å². The number of rotatable bonds is 5. The van der Waals surface area contributed by atoms with Gasteiger partial charge in [0, 0.05) is 32.6 Å². The Balaban J connectivity index is 1.76. The number of aliphatic hydroxyl groups is 1. The van der Waals surface area contributed by atoms with E-state index in [-0.39, 0.29) is 12.0 Å². The van der Waals surface area contributed by atoms with Crippen LogP contribution in [-0.4, -0.2) is 66.7 Å². The van der Waals surface area contributed by atoms with Crippen molar-refractivity contribution in [2.75, 3.05) is 39.8 Å². The molecule has 0 spiro atoms. The summed E-state index contributed by atoms with van der Waals surface area (Å²) in [6, 6.07) is 0. The minimum Gasteiger partial charge on any atom is -0.393 e. The lowest BCUT2D eigenvalue weighted by Crippen LogP contribution is -2.39. The first-order valence-electron chi connectivity index (χ1n) is 6.96. The van der Waals surface area contributed by atoms with Gasteiger partial charge in [-0.3, -0.25) is 9.69 Å². The van der Waals surface area contributed by atoms with Gasteiger partial charge in [-0.25, -0.2) is 0 Å². The van der Waals surface area contributed by atoms with E-state index in [0.29, 0.717) is 24.9 Å². The maximum absolute atomic E-state index is 12.0. The molecule has 0 aromatic heterocycles. The highest BCUT2D eigenvalue weighted by molar-refractivity contribution is 5.78. The lowest BCUT2D eigenvalue weighted by Gasteiger charge is -2.22. The van der Waals surface area contributed by atoms with Crippen LogP contribution in [0, 0.1) is 11.8 Å². The van der Waals surface area contributed by atoms with Crippen molar-refractivity contribution in [3.63, 3.8) is 0 Å². The number of amides is 1. The van der Waals surface area contributed by atoms with Crippen LogP contribution >= 0.6 is 0 Å². The molecule has 0 bridgehead atoms. The van der Waals surface area contributed by atoms with Crippen LogP contribution in [0.2, 0.25) is 0 Å². The third kappa shape index (κ3) is 3.02. The summed E-state index contributed by atoms with van der Waals surface area (Å²) in [5, 5.41) is 9.84. The Kier molecular flexibility index (Phi) is 4.59. The van der Waals surface area contributed by atoms with Gasteiger partial charge in [0.2, 0.25) is 5.91 Å². The fourth-order valence-electron chi connectivity index (χ4n) is 3.22. The number of nitrogens with zero attached hydrogens (tertiary/aromatic N) is 2. The fourth-order valence-corrected chi connectivity index (χ4v) is 3.22. The molecule has 1 aliphatic heterocycles. The molecule has 2 rings (SSSR count). The van der Waals surface area contributed by atoms with E-state index < -0.39 is 0 Å². The third-order valence-corrected chi connectivity index (χ3v) is 4.38. The van der Waals surface area contributed by atoms with Gasteiger partial charge in [0.1, 0.15) is 0 Å². The lowest BCUT2D eigenvalue weighted by molar-refractivity contribution is -0.131. The van der Waals surface area contributed by atoms with Crippen molar-refractivity contribution < 1.29 is 9.90 Å². The topological polar surface area (TPSA) is 69.8 Å². The van der Waals surface area contributed by atoms with Crippen LogP contribution in [0.1, 0.15) is 19.3 Å². The van der Waals surface area contributed by atoms with Gasteiger partial charge in [0.25, 0.3) is 0 Å². The Labute approximate surface area is 109 Å². The molecular weight excluding hydrogens is 230 g/mol. The first-order chi connectivity index (χ1) is 8.61. The second-order valence-corrected chi connectivity index (χ2v) is 5.72. The summed E-state index contributed by atoms with van der Waals surface area (Å²) in [5.41, 5.74) is 5.44. The van der Waals surface area contributed by atoms with E-state index in [9.17, 15) is 9.90 Å². The molecule has 2 fully saturated rings. The van der Waals surface area contributed by atoms with Crippen LogP contribution in [-0.2, 0) is 4.79 Å². The highest BCUT2D eigenvalue weighted by atomic mass is 16.3. The van der Waals surface area contributed by atoms with Crippen LogP contribution in [0.4, 0.5) is 0 Å². The Hall–Kier alpha value is -0.650. The summed E-state index contributed by atoms with van der Waals surface area (Å²) in [6.45, 7) is 3.69. The average molecular weight is 255 g/mol. The molecule has 5 heteroatoms. The van der Waals surface area contributed by atoms with Crippen molar-refractivity contribution in [3.8, 4) is 0 Å². The van der Waals surface area contributed by atoms with Crippen molar-refractivity contribution in [1.29, 1.82) is 0 Å². The second-order valence-electron chi connectivity index (χ2n) is 5.72. The molecule has 1 heterocycles. The van der Waals surface area contributed by atoms with Gasteiger partial charge in [-0.05, 0) is 31.7 Å². The highest BCUT2D eigenvalue weighted by Gasteiger charge is 2.42. The zero-order chi connectivity index (χ0) is 13.1. The third-order valence-electron chi connectivity index (χ3n) is 4.38. The average Bonchev–Trinajstić information content (AvgIpc) is 2.88. The quantitative estimate of drug-likeness (QED) is 0.694. The Morgan fingerprint density at radius 3 is 2.89 bits per heavy atom. The summed E-state index contributed by atoms with van der Waals surface area (Å²) in [6.07, 6.45) is 2.75. The molecule has 104 valence electrons. The molecule has 3 N–H and O–H groups in total.